The standard InChI is InChI=1S/C25H25NO5/c1-2-13-29-17-11-9-16(10-12-17)22-21-23(27)19-7-3-4-8-20(19)31-24(21)25(28)26(22)15-18-6-5-14-30-18/h3-4,7-12,18,22H,2,5-6,13-15H2,1H3. The van der Waals surface area contributed by atoms with E-state index in [-0.39, 0.29) is 23.2 Å². The first kappa shape index (κ1) is 19.8. The summed E-state index contributed by atoms with van der Waals surface area (Å²) in [6.45, 7) is 3.83. The fraction of sp³-hybridized carbons (Fsp3) is 0.360. The fourth-order valence-corrected chi connectivity index (χ4v) is 4.48. The third kappa shape index (κ3) is 3.51. The molecule has 3 heterocycles. The second-order valence-electron chi connectivity index (χ2n) is 8.08. The minimum Gasteiger partial charge on any atom is -0.494 e. The maximum atomic E-state index is 13.4. The maximum Gasteiger partial charge on any atom is 0.291 e. The van der Waals surface area contributed by atoms with E-state index in [9.17, 15) is 9.59 Å². The molecule has 0 aliphatic carbocycles. The molecule has 160 valence electrons. The Morgan fingerprint density at radius 3 is 2.65 bits per heavy atom. The molecule has 31 heavy (non-hydrogen) atoms. The second kappa shape index (κ2) is 8.19. The molecule has 5 rings (SSSR count). The number of carbonyl (C=O) groups is 1. The summed E-state index contributed by atoms with van der Waals surface area (Å²) in [5, 5.41) is 0.487. The summed E-state index contributed by atoms with van der Waals surface area (Å²) in [4.78, 5) is 28.6. The summed E-state index contributed by atoms with van der Waals surface area (Å²) in [5.41, 5.74) is 1.54. The van der Waals surface area contributed by atoms with Crippen LogP contribution in [0.3, 0.4) is 0 Å². The average molecular weight is 419 g/mol. The van der Waals surface area contributed by atoms with Crippen molar-refractivity contribution < 1.29 is 18.7 Å². The van der Waals surface area contributed by atoms with E-state index < -0.39 is 6.04 Å². The van der Waals surface area contributed by atoms with Crippen molar-refractivity contribution in [2.75, 3.05) is 19.8 Å². The van der Waals surface area contributed by atoms with E-state index in [1.165, 1.54) is 0 Å². The molecule has 3 aromatic rings. The van der Waals surface area contributed by atoms with Gasteiger partial charge in [0.2, 0.25) is 5.76 Å². The van der Waals surface area contributed by atoms with Gasteiger partial charge in [-0.2, -0.15) is 0 Å². The largest absolute Gasteiger partial charge is 0.494 e. The molecular formula is C25H25NO5. The zero-order valence-corrected chi connectivity index (χ0v) is 17.5. The van der Waals surface area contributed by atoms with E-state index in [0.717, 1.165) is 30.6 Å². The Bertz CT molecular complexity index is 1160. The number of ether oxygens (including phenoxy) is 2. The van der Waals surface area contributed by atoms with Crippen molar-refractivity contribution in [2.24, 2.45) is 0 Å². The number of rotatable bonds is 6. The third-order valence-electron chi connectivity index (χ3n) is 5.97. The number of amides is 1. The van der Waals surface area contributed by atoms with Crippen LogP contribution in [0.5, 0.6) is 5.75 Å². The number of hydrogen-bond donors (Lipinski definition) is 0. The summed E-state index contributed by atoms with van der Waals surface area (Å²) < 4.78 is 17.5. The van der Waals surface area contributed by atoms with Gasteiger partial charge in [-0.25, -0.2) is 0 Å². The number of nitrogens with zero attached hydrogens (tertiary/aromatic N) is 1. The van der Waals surface area contributed by atoms with Gasteiger partial charge in [0.15, 0.2) is 5.43 Å². The molecule has 0 radical (unpaired) electrons. The molecular weight excluding hydrogens is 394 g/mol. The lowest BCUT2D eigenvalue weighted by Gasteiger charge is -2.27. The van der Waals surface area contributed by atoms with E-state index in [1.807, 2.05) is 24.3 Å². The first-order valence-electron chi connectivity index (χ1n) is 10.9. The van der Waals surface area contributed by atoms with Crippen molar-refractivity contribution in [1.82, 2.24) is 4.90 Å². The molecule has 2 atom stereocenters. The number of hydrogen-bond acceptors (Lipinski definition) is 5. The summed E-state index contributed by atoms with van der Waals surface area (Å²) in [6.07, 6.45) is 2.78. The second-order valence-corrected chi connectivity index (χ2v) is 8.08. The van der Waals surface area contributed by atoms with E-state index in [0.29, 0.717) is 36.3 Å². The number of fused-ring (bicyclic) bond motifs is 2. The van der Waals surface area contributed by atoms with Crippen molar-refractivity contribution >= 4 is 16.9 Å². The SMILES string of the molecule is CCCOc1ccc(C2c3c(oc4ccccc4c3=O)C(=O)N2CC2CCCO2)cc1. The van der Waals surface area contributed by atoms with E-state index in [4.69, 9.17) is 13.9 Å². The molecule has 6 nitrogen and oxygen atoms in total. The topological polar surface area (TPSA) is 69.0 Å². The predicted molar refractivity (Wildman–Crippen MR) is 117 cm³/mol. The van der Waals surface area contributed by atoms with Crippen LogP contribution in [0.4, 0.5) is 0 Å². The van der Waals surface area contributed by atoms with Crippen LogP contribution in [0.25, 0.3) is 11.0 Å². The molecule has 1 amide bonds. The quantitative estimate of drug-likeness (QED) is 0.596. The van der Waals surface area contributed by atoms with Gasteiger partial charge in [-0.05, 0) is 49.1 Å². The molecule has 2 unspecified atom stereocenters. The smallest absolute Gasteiger partial charge is 0.291 e. The molecule has 1 saturated heterocycles. The Morgan fingerprint density at radius 1 is 1.10 bits per heavy atom. The Kier molecular flexibility index (Phi) is 5.24. The van der Waals surface area contributed by atoms with Crippen molar-refractivity contribution in [3.63, 3.8) is 0 Å². The first-order valence-corrected chi connectivity index (χ1v) is 10.9. The lowest BCUT2D eigenvalue weighted by atomic mass is 9.98. The molecule has 0 bridgehead atoms. The monoisotopic (exact) mass is 419 g/mol. The van der Waals surface area contributed by atoms with Gasteiger partial charge in [-0.3, -0.25) is 9.59 Å². The number of benzene rings is 2. The van der Waals surface area contributed by atoms with Crippen LogP contribution in [0.2, 0.25) is 0 Å². The van der Waals surface area contributed by atoms with E-state index in [1.54, 1.807) is 29.2 Å². The van der Waals surface area contributed by atoms with Crippen LogP contribution < -0.4 is 10.2 Å². The van der Waals surface area contributed by atoms with Gasteiger partial charge in [0, 0.05) is 13.2 Å². The average Bonchev–Trinajstić information content (AvgIpc) is 3.41. The Labute approximate surface area is 180 Å². The summed E-state index contributed by atoms with van der Waals surface area (Å²) in [7, 11) is 0. The van der Waals surface area contributed by atoms with Gasteiger partial charge in [0.05, 0.1) is 29.7 Å². The van der Waals surface area contributed by atoms with Gasteiger partial charge in [-0.1, -0.05) is 31.2 Å². The van der Waals surface area contributed by atoms with Crippen molar-refractivity contribution in [2.45, 2.75) is 38.3 Å². The van der Waals surface area contributed by atoms with Crippen LogP contribution in [-0.4, -0.2) is 36.7 Å². The summed E-state index contributed by atoms with van der Waals surface area (Å²) in [5.74, 6) is 0.647. The molecule has 2 aliphatic heterocycles. The minimum atomic E-state index is -0.507. The Hall–Kier alpha value is -3.12. The van der Waals surface area contributed by atoms with Gasteiger partial charge >= 0.3 is 0 Å². The van der Waals surface area contributed by atoms with Gasteiger partial charge in [-0.15, -0.1) is 0 Å². The third-order valence-corrected chi connectivity index (χ3v) is 5.97. The minimum absolute atomic E-state index is 0.0301. The van der Waals surface area contributed by atoms with E-state index in [2.05, 4.69) is 6.92 Å². The van der Waals surface area contributed by atoms with Crippen LogP contribution in [0, 0.1) is 0 Å². The van der Waals surface area contributed by atoms with Gasteiger partial charge < -0.3 is 18.8 Å². The van der Waals surface area contributed by atoms with Crippen LogP contribution in [0.15, 0.2) is 57.7 Å². The summed E-state index contributed by atoms with van der Waals surface area (Å²) in [6, 6.07) is 14.2. The Balaban J connectivity index is 1.61. The molecule has 0 spiro atoms. The normalized spacial score (nSPS) is 20.4. The van der Waals surface area contributed by atoms with Crippen molar-refractivity contribution in [1.29, 1.82) is 0 Å². The lowest BCUT2D eigenvalue weighted by molar-refractivity contribution is 0.0486. The lowest BCUT2D eigenvalue weighted by Crippen LogP contribution is -2.36. The summed E-state index contributed by atoms with van der Waals surface area (Å²) >= 11 is 0. The molecule has 0 saturated carbocycles. The van der Waals surface area contributed by atoms with E-state index >= 15 is 0 Å². The molecule has 1 aromatic heterocycles. The van der Waals surface area contributed by atoms with Crippen LogP contribution >= 0.6 is 0 Å². The first-order chi connectivity index (χ1) is 15.2. The van der Waals surface area contributed by atoms with Crippen LogP contribution in [0.1, 0.15) is 53.9 Å². The fourth-order valence-electron chi connectivity index (χ4n) is 4.48. The maximum absolute atomic E-state index is 13.4. The zero-order valence-electron chi connectivity index (χ0n) is 17.5. The highest BCUT2D eigenvalue weighted by molar-refractivity contribution is 5.99. The zero-order chi connectivity index (χ0) is 21.4. The highest BCUT2D eigenvalue weighted by atomic mass is 16.5. The highest BCUT2D eigenvalue weighted by Crippen LogP contribution is 2.39. The van der Waals surface area contributed by atoms with Gasteiger partial charge in [0.25, 0.3) is 5.91 Å². The van der Waals surface area contributed by atoms with Crippen molar-refractivity contribution in [3.05, 3.63) is 75.6 Å². The predicted octanol–water partition coefficient (Wildman–Crippen LogP) is 4.31. The molecule has 0 N–H and O–H groups in total. The molecule has 6 heteroatoms. The molecule has 2 aliphatic rings. The number of para-hydroxylation sites is 1. The number of carbonyl (C=O) groups excluding carboxylic acids is 1. The van der Waals surface area contributed by atoms with Gasteiger partial charge in [0.1, 0.15) is 11.3 Å². The van der Waals surface area contributed by atoms with Crippen molar-refractivity contribution in [3.8, 4) is 5.75 Å². The van der Waals surface area contributed by atoms with Crippen LogP contribution in [-0.2, 0) is 4.74 Å². The molecule has 1 fully saturated rings. The Morgan fingerprint density at radius 2 is 1.90 bits per heavy atom. The highest BCUT2D eigenvalue weighted by Gasteiger charge is 2.43. The molecule has 2 aromatic carbocycles.